The highest BCUT2D eigenvalue weighted by atomic mass is 16.5. The van der Waals surface area contributed by atoms with Gasteiger partial charge in [0.2, 0.25) is 0 Å². The number of ether oxygens (including phenoxy) is 3. The molecule has 0 aliphatic carbocycles. The van der Waals surface area contributed by atoms with Crippen LogP contribution in [0.15, 0.2) is 64.3 Å². The Bertz CT molecular complexity index is 1240. The lowest BCUT2D eigenvalue weighted by atomic mass is 9.96. The summed E-state index contributed by atoms with van der Waals surface area (Å²) in [6, 6.07) is 13.2. The number of methoxy groups -OCH3 is 1. The van der Waals surface area contributed by atoms with Gasteiger partial charge in [-0.15, -0.1) is 0 Å². The second kappa shape index (κ2) is 11.7. The van der Waals surface area contributed by atoms with Gasteiger partial charge in [0.25, 0.3) is 0 Å². The van der Waals surface area contributed by atoms with Gasteiger partial charge in [0.15, 0.2) is 0 Å². The lowest BCUT2D eigenvalue weighted by molar-refractivity contribution is -0.141. The summed E-state index contributed by atoms with van der Waals surface area (Å²) in [7, 11) is 1.61. The molecule has 0 saturated carbocycles. The van der Waals surface area contributed by atoms with Crippen molar-refractivity contribution in [2.24, 2.45) is 5.41 Å². The maximum atomic E-state index is 12.9. The summed E-state index contributed by atoms with van der Waals surface area (Å²) < 4.78 is 22.3. The van der Waals surface area contributed by atoms with E-state index in [0.717, 1.165) is 24.3 Å². The molecule has 0 bridgehead atoms. The van der Waals surface area contributed by atoms with Crippen molar-refractivity contribution in [1.29, 1.82) is 0 Å². The van der Waals surface area contributed by atoms with Crippen molar-refractivity contribution in [2.45, 2.75) is 46.5 Å². The largest absolute Gasteiger partial charge is 0.496 e. The van der Waals surface area contributed by atoms with Crippen LogP contribution in [0.5, 0.6) is 11.5 Å². The number of aryl methyl sites for hydroxylation is 1. The molecule has 0 N–H and O–H groups in total. The van der Waals surface area contributed by atoms with Gasteiger partial charge in [-0.2, -0.15) is 0 Å². The fourth-order valence-corrected chi connectivity index (χ4v) is 3.71. The maximum absolute atomic E-state index is 12.9. The first-order chi connectivity index (χ1) is 16.8. The zero-order valence-electron chi connectivity index (χ0n) is 21.0. The van der Waals surface area contributed by atoms with Crippen LogP contribution in [-0.4, -0.2) is 26.3 Å². The molecular formula is C29H34O6. The smallest absolute Gasteiger partial charge is 0.344 e. The van der Waals surface area contributed by atoms with Crippen molar-refractivity contribution in [3.8, 4) is 22.6 Å². The number of carbonyl (C=O) groups is 1. The number of fused-ring (bicyclic) bond motifs is 1. The van der Waals surface area contributed by atoms with Gasteiger partial charge in [0, 0.05) is 28.5 Å². The molecule has 1 heterocycles. The van der Waals surface area contributed by atoms with E-state index in [1.165, 1.54) is 18.4 Å². The summed E-state index contributed by atoms with van der Waals surface area (Å²) in [4.78, 5) is 24.2. The Morgan fingerprint density at radius 3 is 2.57 bits per heavy atom. The number of unbranched alkanes of at least 4 members (excludes halogenated alkanes) is 2. The van der Waals surface area contributed by atoms with E-state index in [2.05, 4.69) is 13.5 Å². The molecule has 6 nitrogen and oxygen atoms in total. The average molecular weight is 479 g/mol. The van der Waals surface area contributed by atoms with Crippen LogP contribution in [0.3, 0.4) is 0 Å². The number of benzene rings is 2. The first-order valence-electron chi connectivity index (χ1n) is 11.9. The molecule has 35 heavy (non-hydrogen) atoms. The summed E-state index contributed by atoms with van der Waals surface area (Å²) in [5, 5.41) is 0.778. The van der Waals surface area contributed by atoms with Crippen molar-refractivity contribution >= 4 is 16.9 Å². The molecule has 3 aromatic rings. The van der Waals surface area contributed by atoms with Crippen LogP contribution in [0.4, 0.5) is 0 Å². The Morgan fingerprint density at radius 2 is 1.86 bits per heavy atom. The minimum Gasteiger partial charge on any atom is -0.496 e. The molecular weight excluding hydrogens is 444 g/mol. The molecule has 0 unspecified atom stereocenters. The fourth-order valence-electron chi connectivity index (χ4n) is 3.71. The van der Waals surface area contributed by atoms with Gasteiger partial charge in [-0.25, -0.2) is 9.59 Å². The second-order valence-electron chi connectivity index (χ2n) is 9.40. The maximum Gasteiger partial charge on any atom is 0.344 e. The molecule has 0 fully saturated rings. The van der Waals surface area contributed by atoms with E-state index in [1.54, 1.807) is 13.2 Å². The van der Waals surface area contributed by atoms with E-state index in [-0.39, 0.29) is 6.61 Å². The van der Waals surface area contributed by atoms with Crippen molar-refractivity contribution in [2.75, 3.05) is 20.3 Å². The van der Waals surface area contributed by atoms with E-state index < -0.39 is 17.0 Å². The molecule has 0 aliphatic rings. The van der Waals surface area contributed by atoms with Gasteiger partial charge in [0.1, 0.15) is 17.1 Å². The number of hydrogen-bond donors (Lipinski definition) is 0. The molecule has 0 saturated heterocycles. The van der Waals surface area contributed by atoms with Crippen LogP contribution >= 0.6 is 0 Å². The van der Waals surface area contributed by atoms with Crippen LogP contribution in [0, 0.1) is 5.41 Å². The Labute approximate surface area is 206 Å². The van der Waals surface area contributed by atoms with Crippen molar-refractivity contribution in [3.63, 3.8) is 0 Å². The molecule has 0 radical (unpaired) electrons. The molecule has 0 spiro atoms. The number of esters is 1. The zero-order valence-corrected chi connectivity index (χ0v) is 21.0. The predicted molar refractivity (Wildman–Crippen MR) is 138 cm³/mol. The third-order valence-corrected chi connectivity index (χ3v) is 5.73. The van der Waals surface area contributed by atoms with Crippen LogP contribution in [0.25, 0.3) is 22.1 Å². The SMILES string of the molecule is C=CC(=O)OCC(C)(C)COc1ccc2cc(-c3ccc(CCCCC)cc3OC)c(=O)oc2c1. The van der Waals surface area contributed by atoms with E-state index in [0.29, 0.717) is 34.8 Å². The summed E-state index contributed by atoms with van der Waals surface area (Å²) in [5.74, 6) is 0.750. The number of rotatable bonds is 12. The molecule has 0 aliphatic heterocycles. The average Bonchev–Trinajstić information content (AvgIpc) is 2.85. The normalized spacial score (nSPS) is 11.3. The molecule has 3 rings (SSSR count). The third kappa shape index (κ3) is 6.98. The Kier molecular flexibility index (Phi) is 8.74. The quantitative estimate of drug-likeness (QED) is 0.131. The standard InChI is InChI=1S/C29H34O6/c1-6-8-9-10-20-11-14-23(26(15-20)32-5)24-16-21-12-13-22(17-25(21)35-28(24)31)33-18-29(3,4)19-34-27(30)7-2/h7,11-17H,2,6,8-10,18-19H2,1,3-5H3. The second-order valence-corrected chi connectivity index (χ2v) is 9.40. The first kappa shape index (κ1) is 26.1. The van der Waals surface area contributed by atoms with Crippen LogP contribution in [0.2, 0.25) is 0 Å². The summed E-state index contributed by atoms with van der Waals surface area (Å²) >= 11 is 0. The van der Waals surface area contributed by atoms with Crippen molar-refractivity contribution in [1.82, 2.24) is 0 Å². The van der Waals surface area contributed by atoms with Gasteiger partial charge in [-0.05, 0) is 42.7 Å². The van der Waals surface area contributed by atoms with Gasteiger partial charge < -0.3 is 18.6 Å². The highest BCUT2D eigenvalue weighted by Crippen LogP contribution is 2.32. The van der Waals surface area contributed by atoms with E-state index in [9.17, 15) is 9.59 Å². The summed E-state index contributed by atoms with van der Waals surface area (Å²) in [5.41, 5.74) is 1.93. The lowest BCUT2D eigenvalue weighted by Gasteiger charge is -2.24. The van der Waals surface area contributed by atoms with Crippen molar-refractivity contribution in [3.05, 3.63) is 71.1 Å². The topological polar surface area (TPSA) is 75.0 Å². The van der Waals surface area contributed by atoms with Crippen LogP contribution < -0.4 is 15.1 Å². The van der Waals surface area contributed by atoms with Gasteiger partial charge >= 0.3 is 11.6 Å². The minimum absolute atomic E-state index is 0.198. The van der Waals surface area contributed by atoms with E-state index in [4.69, 9.17) is 18.6 Å². The van der Waals surface area contributed by atoms with Crippen molar-refractivity contribution < 1.29 is 23.4 Å². The van der Waals surface area contributed by atoms with E-state index in [1.807, 2.05) is 50.2 Å². The highest BCUT2D eigenvalue weighted by molar-refractivity contribution is 5.84. The monoisotopic (exact) mass is 478 g/mol. The minimum atomic E-state index is -0.468. The Hall–Kier alpha value is -3.54. The lowest BCUT2D eigenvalue weighted by Crippen LogP contribution is -2.28. The molecule has 6 heteroatoms. The van der Waals surface area contributed by atoms with Crippen LogP contribution in [-0.2, 0) is 16.0 Å². The molecule has 0 amide bonds. The molecule has 0 atom stereocenters. The van der Waals surface area contributed by atoms with Gasteiger partial charge in [-0.1, -0.05) is 52.3 Å². The molecule has 2 aromatic carbocycles. The summed E-state index contributed by atoms with van der Waals surface area (Å²) in [6.07, 6.45) is 5.59. The predicted octanol–water partition coefficient (Wildman–Crippen LogP) is 6.34. The first-order valence-corrected chi connectivity index (χ1v) is 11.9. The third-order valence-electron chi connectivity index (χ3n) is 5.73. The zero-order chi connectivity index (χ0) is 25.4. The number of hydrogen-bond acceptors (Lipinski definition) is 6. The Morgan fingerprint density at radius 1 is 1.06 bits per heavy atom. The molecule has 186 valence electrons. The summed E-state index contributed by atoms with van der Waals surface area (Å²) in [6.45, 7) is 9.95. The Balaban J connectivity index is 1.80. The molecule has 1 aromatic heterocycles. The highest BCUT2D eigenvalue weighted by Gasteiger charge is 2.21. The van der Waals surface area contributed by atoms with Gasteiger partial charge in [-0.3, -0.25) is 0 Å². The van der Waals surface area contributed by atoms with Crippen LogP contribution in [0.1, 0.15) is 45.6 Å². The van der Waals surface area contributed by atoms with Gasteiger partial charge in [0.05, 0.1) is 25.9 Å². The van der Waals surface area contributed by atoms with E-state index >= 15 is 0 Å². The fraction of sp³-hybridized carbons (Fsp3) is 0.379. The number of carbonyl (C=O) groups excluding carboxylic acids is 1.